The van der Waals surface area contributed by atoms with E-state index in [1.165, 1.54) is 6.21 Å². The molecule has 5 heteroatoms. The molecule has 0 spiro atoms. The topological polar surface area (TPSA) is 80.4 Å². The van der Waals surface area contributed by atoms with Crippen molar-refractivity contribution in [1.29, 1.82) is 0 Å². The van der Waals surface area contributed by atoms with Gasteiger partial charge in [-0.3, -0.25) is 9.78 Å². The summed E-state index contributed by atoms with van der Waals surface area (Å²) in [6.45, 7) is 0. The monoisotopic (exact) mass is 240 g/mol. The summed E-state index contributed by atoms with van der Waals surface area (Å²) in [5.74, 6) is -0.340. The van der Waals surface area contributed by atoms with Crippen molar-refractivity contribution in [2.24, 2.45) is 5.10 Å². The smallest absolute Gasteiger partial charge is 0.273 e. The molecular formula is C13H12N4O. The molecule has 0 fully saturated rings. The minimum atomic E-state index is -0.340. The largest absolute Gasteiger partial charge is 0.398 e. The van der Waals surface area contributed by atoms with Crippen LogP contribution >= 0.6 is 0 Å². The van der Waals surface area contributed by atoms with Crippen molar-refractivity contribution in [2.75, 3.05) is 5.73 Å². The molecular weight excluding hydrogens is 228 g/mol. The Hall–Kier alpha value is -2.69. The van der Waals surface area contributed by atoms with Gasteiger partial charge in [0.2, 0.25) is 0 Å². The molecule has 0 aliphatic carbocycles. The summed E-state index contributed by atoms with van der Waals surface area (Å²) in [5.41, 5.74) is 9.72. The first-order chi connectivity index (χ1) is 8.77. The zero-order valence-electron chi connectivity index (χ0n) is 9.58. The van der Waals surface area contributed by atoms with Gasteiger partial charge >= 0.3 is 0 Å². The van der Waals surface area contributed by atoms with Gasteiger partial charge in [0.05, 0.1) is 11.8 Å². The highest BCUT2D eigenvalue weighted by Gasteiger charge is 2.06. The molecule has 0 bridgehead atoms. The van der Waals surface area contributed by atoms with E-state index in [0.717, 1.165) is 5.56 Å². The van der Waals surface area contributed by atoms with Gasteiger partial charge in [-0.1, -0.05) is 18.2 Å². The molecule has 0 saturated heterocycles. The number of aromatic nitrogens is 1. The third kappa shape index (κ3) is 2.91. The van der Waals surface area contributed by atoms with Gasteiger partial charge in [-0.2, -0.15) is 5.10 Å². The summed E-state index contributed by atoms with van der Waals surface area (Å²) in [6, 6.07) is 10.4. The molecule has 0 saturated carbocycles. The Morgan fingerprint density at radius 2 is 2.11 bits per heavy atom. The standard InChI is InChI=1S/C13H12N4O/c14-12-6-2-1-5-11(12)13(18)17-16-9-10-4-3-7-15-8-10/h1-9H,14H2,(H,17,18)/b16-9+. The van der Waals surface area contributed by atoms with E-state index in [1.54, 1.807) is 42.7 Å². The van der Waals surface area contributed by atoms with E-state index < -0.39 is 0 Å². The molecule has 0 atom stereocenters. The van der Waals surface area contributed by atoms with E-state index in [-0.39, 0.29) is 5.91 Å². The summed E-state index contributed by atoms with van der Waals surface area (Å²) in [4.78, 5) is 15.7. The van der Waals surface area contributed by atoms with E-state index in [9.17, 15) is 4.79 Å². The lowest BCUT2D eigenvalue weighted by atomic mass is 10.2. The van der Waals surface area contributed by atoms with Gasteiger partial charge in [-0.05, 0) is 18.2 Å². The van der Waals surface area contributed by atoms with Crippen LogP contribution < -0.4 is 11.2 Å². The number of hydrogen-bond acceptors (Lipinski definition) is 4. The van der Waals surface area contributed by atoms with Crippen molar-refractivity contribution in [1.82, 2.24) is 10.4 Å². The minimum Gasteiger partial charge on any atom is -0.398 e. The Bertz CT molecular complexity index is 566. The van der Waals surface area contributed by atoms with E-state index in [0.29, 0.717) is 11.3 Å². The first-order valence-corrected chi connectivity index (χ1v) is 5.35. The lowest BCUT2D eigenvalue weighted by Gasteiger charge is -2.02. The minimum absolute atomic E-state index is 0.340. The number of benzene rings is 1. The van der Waals surface area contributed by atoms with E-state index >= 15 is 0 Å². The molecule has 2 aromatic rings. The van der Waals surface area contributed by atoms with Gasteiger partial charge in [0.25, 0.3) is 5.91 Å². The van der Waals surface area contributed by atoms with E-state index in [2.05, 4.69) is 15.5 Å². The Labute approximate surface area is 104 Å². The average Bonchev–Trinajstić information content (AvgIpc) is 2.40. The molecule has 1 amide bonds. The van der Waals surface area contributed by atoms with Crippen LogP contribution in [0.1, 0.15) is 15.9 Å². The molecule has 1 aromatic heterocycles. The first-order valence-electron chi connectivity index (χ1n) is 5.35. The molecule has 0 aliphatic heterocycles. The first kappa shape index (κ1) is 11.8. The van der Waals surface area contributed by atoms with Crippen LogP contribution in [0.4, 0.5) is 5.69 Å². The molecule has 5 nitrogen and oxygen atoms in total. The van der Waals surface area contributed by atoms with Crippen LogP contribution in [-0.4, -0.2) is 17.1 Å². The maximum absolute atomic E-state index is 11.7. The Kier molecular flexibility index (Phi) is 3.66. The van der Waals surface area contributed by atoms with Crippen LogP contribution in [0.15, 0.2) is 53.9 Å². The second-order valence-electron chi connectivity index (χ2n) is 3.57. The number of carbonyl (C=O) groups is 1. The van der Waals surface area contributed by atoms with Crippen LogP contribution in [0, 0.1) is 0 Å². The number of nitrogen functional groups attached to an aromatic ring is 1. The Morgan fingerprint density at radius 3 is 2.83 bits per heavy atom. The number of rotatable bonds is 3. The molecule has 0 unspecified atom stereocenters. The second kappa shape index (κ2) is 5.58. The number of nitrogens with zero attached hydrogens (tertiary/aromatic N) is 2. The molecule has 0 radical (unpaired) electrons. The molecule has 1 aromatic carbocycles. The number of carbonyl (C=O) groups excluding carboxylic acids is 1. The highest BCUT2D eigenvalue weighted by atomic mass is 16.2. The van der Waals surface area contributed by atoms with Crippen molar-refractivity contribution in [3.8, 4) is 0 Å². The van der Waals surface area contributed by atoms with Gasteiger partial charge in [-0.25, -0.2) is 5.43 Å². The van der Waals surface area contributed by atoms with E-state index in [4.69, 9.17) is 5.73 Å². The third-order valence-corrected chi connectivity index (χ3v) is 2.27. The van der Waals surface area contributed by atoms with Crippen LogP contribution in [-0.2, 0) is 0 Å². The number of pyridine rings is 1. The fourth-order valence-electron chi connectivity index (χ4n) is 1.38. The molecule has 2 rings (SSSR count). The average molecular weight is 240 g/mol. The molecule has 90 valence electrons. The zero-order valence-corrected chi connectivity index (χ0v) is 9.58. The maximum atomic E-state index is 11.7. The number of hydrazone groups is 1. The van der Waals surface area contributed by atoms with Gasteiger partial charge in [0.1, 0.15) is 0 Å². The summed E-state index contributed by atoms with van der Waals surface area (Å²) < 4.78 is 0. The zero-order chi connectivity index (χ0) is 12.8. The fraction of sp³-hybridized carbons (Fsp3) is 0. The van der Waals surface area contributed by atoms with Gasteiger partial charge in [0.15, 0.2) is 0 Å². The summed E-state index contributed by atoms with van der Waals surface area (Å²) >= 11 is 0. The van der Waals surface area contributed by atoms with Crippen molar-refractivity contribution >= 4 is 17.8 Å². The lowest BCUT2D eigenvalue weighted by molar-refractivity contribution is 0.0956. The van der Waals surface area contributed by atoms with Gasteiger partial charge < -0.3 is 5.73 Å². The van der Waals surface area contributed by atoms with Crippen molar-refractivity contribution < 1.29 is 4.79 Å². The predicted molar refractivity (Wildman–Crippen MR) is 70.2 cm³/mol. The SMILES string of the molecule is Nc1ccccc1C(=O)N/N=C/c1cccnc1. The quantitative estimate of drug-likeness (QED) is 0.484. The van der Waals surface area contributed by atoms with Crippen molar-refractivity contribution in [3.05, 3.63) is 59.9 Å². The number of hydrogen-bond donors (Lipinski definition) is 2. The summed E-state index contributed by atoms with van der Waals surface area (Å²) in [6.07, 6.45) is 4.83. The highest BCUT2D eigenvalue weighted by molar-refractivity contribution is 5.99. The Balaban J connectivity index is 2.01. The molecule has 3 N–H and O–H groups in total. The van der Waals surface area contributed by atoms with Crippen LogP contribution in [0.5, 0.6) is 0 Å². The molecule has 18 heavy (non-hydrogen) atoms. The number of para-hydroxylation sites is 1. The van der Waals surface area contributed by atoms with Crippen LogP contribution in [0.25, 0.3) is 0 Å². The molecule has 1 heterocycles. The highest BCUT2D eigenvalue weighted by Crippen LogP contribution is 2.09. The maximum Gasteiger partial charge on any atom is 0.273 e. The normalized spacial score (nSPS) is 10.4. The lowest BCUT2D eigenvalue weighted by Crippen LogP contribution is -2.18. The van der Waals surface area contributed by atoms with Crippen molar-refractivity contribution in [2.45, 2.75) is 0 Å². The van der Waals surface area contributed by atoms with Crippen LogP contribution in [0.2, 0.25) is 0 Å². The van der Waals surface area contributed by atoms with Gasteiger partial charge in [-0.15, -0.1) is 0 Å². The summed E-state index contributed by atoms with van der Waals surface area (Å²) in [7, 11) is 0. The molecule has 0 aliphatic rings. The third-order valence-electron chi connectivity index (χ3n) is 2.27. The number of nitrogens with two attached hydrogens (primary N) is 1. The number of amides is 1. The number of anilines is 1. The fourth-order valence-corrected chi connectivity index (χ4v) is 1.38. The summed E-state index contributed by atoms with van der Waals surface area (Å²) in [5, 5.41) is 3.84. The van der Waals surface area contributed by atoms with Crippen LogP contribution in [0.3, 0.4) is 0 Å². The Morgan fingerprint density at radius 1 is 1.28 bits per heavy atom. The number of nitrogens with one attached hydrogen (secondary N) is 1. The van der Waals surface area contributed by atoms with Crippen molar-refractivity contribution in [3.63, 3.8) is 0 Å². The van der Waals surface area contributed by atoms with E-state index in [1.807, 2.05) is 6.07 Å². The second-order valence-corrected chi connectivity index (χ2v) is 3.57. The van der Waals surface area contributed by atoms with Gasteiger partial charge in [0, 0.05) is 23.6 Å². The predicted octanol–water partition coefficient (Wildman–Crippen LogP) is 1.43.